The predicted molar refractivity (Wildman–Crippen MR) is 111 cm³/mol. The van der Waals surface area contributed by atoms with Crippen molar-refractivity contribution in [2.24, 2.45) is 0 Å². The van der Waals surface area contributed by atoms with Gasteiger partial charge >= 0.3 is 0 Å². The maximum absolute atomic E-state index is 15.0. The van der Waals surface area contributed by atoms with Crippen molar-refractivity contribution in [3.8, 4) is 46.5 Å². The van der Waals surface area contributed by atoms with Gasteiger partial charge in [0.1, 0.15) is 35.4 Å². The molecule has 4 nitrogen and oxygen atoms in total. The van der Waals surface area contributed by atoms with E-state index in [2.05, 4.69) is 0 Å². The van der Waals surface area contributed by atoms with Crippen LogP contribution in [-0.4, -0.2) is 0 Å². The molecule has 0 fully saturated rings. The Labute approximate surface area is 206 Å². The first-order valence-electron chi connectivity index (χ1n) is 10.1. The van der Waals surface area contributed by atoms with E-state index >= 15 is 0 Å². The van der Waals surface area contributed by atoms with Gasteiger partial charge in [-0.3, -0.25) is 0 Å². The van der Waals surface area contributed by atoms with Crippen LogP contribution in [0.2, 0.25) is 0 Å². The Bertz CT molecular complexity index is 1770. The van der Waals surface area contributed by atoms with E-state index in [1.165, 1.54) is 24.3 Å². The number of fused-ring (bicyclic) bond motifs is 6. The molecule has 0 unspecified atom stereocenters. The van der Waals surface area contributed by atoms with Gasteiger partial charge in [0.25, 0.3) is 0 Å². The molecule has 0 spiro atoms. The molecule has 0 atom stereocenters. The molecular formula is C26H2F8N4. The second-order valence-corrected chi connectivity index (χ2v) is 7.90. The Balaban J connectivity index is 2.07. The summed E-state index contributed by atoms with van der Waals surface area (Å²) in [6, 6.07) is 7.25. The molecule has 0 N–H and O–H groups in total. The molecule has 12 heteroatoms. The van der Waals surface area contributed by atoms with E-state index < -0.39 is 113 Å². The van der Waals surface area contributed by atoms with Crippen molar-refractivity contribution in [3.63, 3.8) is 0 Å². The Hall–Kier alpha value is -5.46. The number of nitriles is 4. The van der Waals surface area contributed by atoms with Gasteiger partial charge < -0.3 is 0 Å². The molecule has 3 aromatic rings. The Morgan fingerprint density at radius 3 is 0.947 bits per heavy atom. The molecule has 5 rings (SSSR count). The Kier molecular flexibility index (Phi) is 5.12. The van der Waals surface area contributed by atoms with E-state index in [1.807, 2.05) is 0 Å². The zero-order chi connectivity index (χ0) is 27.8. The lowest BCUT2D eigenvalue weighted by molar-refractivity contribution is 0.410. The summed E-state index contributed by atoms with van der Waals surface area (Å²) in [6.07, 6.45) is 0. The highest BCUT2D eigenvalue weighted by Gasteiger charge is 2.42. The predicted octanol–water partition coefficient (Wildman–Crippen LogP) is 6.46. The summed E-state index contributed by atoms with van der Waals surface area (Å²) in [7, 11) is 0. The molecule has 0 saturated heterocycles. The lowest BCUT2D eigenvalue weighted by atomic mass is 9.93. The van der Waals surface area contributed by atoms with Gasteiger partial charge in [0, 0.05) is 33.4 Å². The highest BCUT2D eigenvalue weighted by atomic mass is 19.2. The molecule has 0 saturated carbocycles. The summed E-state index contributed by atoms with van der Waals surface area (Å²) in [4.78, 5) is 0. The molecule has 0 bridgehead atoms. The van der Waals surface area contributed by atoms with Crippen molar-refractivity contribution >= 4 is 11.1 Å². The van der Waals surface area contributed by atoms with Crippen LogP contribution in [0.25, 0.3) is 33.4 Å². The number of benzene rings is 3. The van der Waals surface area contributed by atoms with Crippen molar-refractivity contribution in [1.29, 1.82) is 21.0 Å². The van der Waals surface area contributed by atoms with Gasteiger partial charge in [-0.1, -0.05) is 0 Å². The summed E-state index contributed by atoms with van der Waals surface area (Å²) in [5.74, 6) is -16.9. The van der Waals surface area contributed by atoms with Gasteiger partial charge in [0.15, 0.2) is 46.5 Å². The average molecular weight is 522 g/mol. The van der Waals surface area contributed by atoms with Crippen LogP contribution < -0.4 is 0 Å². The molecule has 3 aromatic carbocycles. The van der Waals surface area contributed by atoms with Crippen molar-refractivity contribution in [2.45, 2.75) is 0 Å². The number of hydrogen-bond acceptors (Lipinski definition) is 4. The third-order valence-electron chi connectivity index (χ3n) is 6.22. The lowest BCUT2D eigenvalue weighted by Gasteiger charge is -2.09. The zero-order valence-electron chi connectivity index (χ0n) is 18.0. The number of hydrogen-bond donors (Lipinski definition) is 0. The number of allylic oxidation sites excluding steroid dienone is 2. The second kappa shape index (κ2) is 8.03. The Morgan fingerprint density at radius 1 is 0.395 bits per heavy atom. The average Bonchev–Trinajstić information content (AvgIpc) is 3.42. The summed E-state index contributed by atoms with van der Waals surface area (Å²) in [6.45, 7) is 0. The van der Waals surface area contributed by atoms with Crippen LogP contribution in [0.4, 0.5) is 35.1 Å². The lowest BCUT2D eigenvalue weighted by Crippen LogP contribution is -2.03. The number of rotatable bonds is 0. The van der Waals surface area contributed by atoms with E-state index in [9.17, 15) is 56.2 Å². The molecular weight excluding hydrogens is 520 g/mol. The van der Waals surface area contributed by atoms with E-state index in [0.29, 0.717) is 0 Å². The van der Waals surface area contributed by atoms with Crippen molar-refractivity contribution in [2.75, 3.05) is 0 Å². The van der Waals surface area contributed by atoms with Crippen LogP contribution in [-0.2, 0) is 0 Å². The third-order valence-corrected chi connectivity index (χ3v) is 6.22. The fraction of sp³-hybridized carbons (Fsp3) is 0. The van der Waals surface area contributed by atoms with Crippen LogP contribution in [0.1, 0.15) is 22.3 Å². The molecule has 0 radical (unpaired) electrons. The van der Waals surface area contributed by atoms with Crippen molar-refractivity contribution in [1.82, 2.24) is 0 Å². The van der Waals surface area contributed by atoms with Gasteiger partial charge in [-0.2, -0.15) is 21.0 Å². The van der Waals surface area contributed by atoms with E-state index in [0.717, 1.165) is 12.1 Å². The normalized spacial score (nSPS) is 12.0. The largest absolute Gasteiger partial charge is 0.203 e. The van der Waals surface area contributed by atoms with Gasteiger partial charge in [-0.05, 0) is 34.4 Å². The third kappa shape index (κ3) is 2.74. The van der Waals surface area contributed by atoms with Gasteiger partial charge in [-0.15, -0.1) is 0 Å². The van der Waals surface area contributed by atoms with Crippen LogP contribution in [0.15, 0.2) is 23.3 Å². The molecule has 0 aromatic heterocycles. The monoisotopic (exact) mass is 522 g/mol. The topological polar surface area (TPSA) is 95.2 Å². The first kappa shape index (κ1) is 24.2. The quantitative estimate of drug-likeness (QED) is 0.101. The molecule has 2 aliphatic rings. The molecule has 2 aliphatic carbocycles. The smallest absolute Gasteiger partial charge is 0.198 e. The summed E-state index contributed by atoms with van der Waals surface area (Å²) in [5.41, 5.74) is -9.23. The van der Waals surface area contributed by atoms with Crippen molar-refractivity contribution in [3.05, 3.63) is 92.1 Å². The zero-order valence-corrected chi connectivity index (χ0v) is 18.0. The summed E-state index contributed by atoms with van der Waals surface area (Å²) < 4.78 is 117. The van der Waals surface area contributed by atoms with Crippen LogP contribution >= 0.6 is 0 Å². The van der Waals surface area contributed by atoms with Crippen molar-refractivity contribution < 1.29 is 35.1 Å². The summed E-state index contributed by atoms with van der Waals surface area (Å²) >= 11 is 0. The highest BCUT2D eigenvalue weighted by molar-refractivity contribution is 6.11. The van der Waals surface area contributed by atoms with E-state index in [-0.39, 0.29) is 0 Å². The number of nitrogens with zero attached hydrogens (tertiary/aromatic N) is 4. The minimum atomic E-state index is -2.26. The van der Waals surface area contributed by atoms with Gasteiger partial charge in [-0.25, -0.2) is 35.1 Å². The second-order valence-electron chi connectivity index (χ2n) is 7.90. The van der Waals surface area contributed by atoms with E-state index in [1.54, 1.807) is 0 Å². The van der Waals surface area contributed by atoms with Crippen LogP contribution in [0.5, 0.6) is 0 Å². The van der Waals surface area contributed by atoms with Gasteiger partial charge in [0.2, 0.25) is 0 Å². The van der Waals surface area contributed by atoms with Crippen LogP contribution in [0, 0.1) is 91.9 Å². The Morgan fingerprint density at radius 2 is 0.658 bits per heavy atom. The summed E-state index contributed by atoms with van der Waals surface area (Å²) in [5, 5.41) is 37.7. The standard InChI is InChI=1S/C26H2F8N4/c27-19-15-11-2-12-10(1-9(11)13(7(3-35)4-36)17(15)21(29)25(33)23(19)31)14(8(5-37)6-38)18-16(12)20(28)24(32)26(34)22(18)30/h1-2H. The fourth-order valence-corrected chi connectivity index (χ4v) is 4.73. The molecule has 0 amide bonds. The molecule has 0 heterocycles. The first-order valence-corrected chi connectivity index (χ1v) is 10.1. The molecule has 38 heavy (non-hydrogen) atoms. The first-order chi connectivity index (χ1) is 18.0. The minimum Gasteiger partial charge on any atom is -0.203 e. The molecule has 182 valence electrons. The fourth-order valence-electron chi connectivity index (χ4n) is 4.73. The maximum atomic E-state index is 15.0. The van der Waals surface area contributed by atoms with Gasteiger partial charge in [0.05, 0.1) is 0 Å². The minimum absolute atomic E-state index is 0.443. The molecule has 0 aliphatic heterocycles. The SMILES string of the molecule is N#CC(C#N)=C1c2cc3c(cc2-c2c(F)c(F)c(F)c(F)c21)-c1c(F)c(F)c(F)c(F)c1C3=C(C#N)C#N. The maximum Gasteiger partial charge on any atom is 0.198 e. The number of halogens is 8. The highest BCUT2D eigenvalue weighted by Crippen LogP contribution is 2.56. The van der Waals surface area contributed by atoms with E-state index in [4.69, 9.17) is 0 Å². The van der Waals surface area contributed by atoms with Crippen LogP contribution in [0.3, 0.4) is 0 Å².